The van der Waals surface area contributed by atoms with E-state index in [0.29, 0.717) is 43.0 Å². The highest BCUT2D eigenvalue weighted by atomic mass is 32.2. The number of carbonyl (C=O) groups is 1. The summed E-state index contributed by atoms with van der Waals surface area (Å²) in [6.07, 6.45) is 0. The van der Waals surface area contributed by atoms with Crippen molar-refractivity contribution in [2.75, 3.05) is 45.2 Å². The van der Waals surface area contributed by atoms with Gasteiger partial charge in [0.15, 0.2) is 0 Å². The molecular weight excluding hydrogens is 456 g/mol. The van der Waals surface area contributed by atoms with Crippen molar-refractivity contribution in [3.63, 3.8) is 0 Å². The van der Waals surface area contributed by atoms with Crippen molar-refractivity contribution in [1.29, 1.82) is 0 Å². The second-order valence-electron chi connectivity index (χ2n) is 8.53. The van der Waals surface area contributed by atoms with Crippen LogP contribution in [0, 0.1) is 41.5 Å². The van der Waals surface area contributed by atoms with Gasteiger partial charge in [-0.1, -0.05) is 0 Å². The third-order valence-corrected chi connectivity index (χ3v) is 8.06. The van der Waals surface area contributed by atoms with Crippen molar-refractivity contribution in [1.82, 2.24) is 4.90 Å². The third kappa shape index (κ3) is 5.71. The zero-order valence-corrected chi connectivity index (χ0v) is 22.1. The number of ether oxygens (including phenoxy) is 2. The average molecular weight is 493 g/mol. The summed E-state index contributed by atoms with van der Waals surface area (Å²) in [4.78, 5) is 15.0. The number of carbonyl (C=O) groups excluding carboxylic acids is 1. The summed E-state index contributed by atoms with van der Waals surface area (Å²) in [5.74, 6) is -0.632. The molecule has 2 aromatic carbocycles. The monoisotopic (exact) mass is 492 g/mol. The summed E-state index contributed by atoms with van der Waals surface area (Å²) in [6.45, 7) is 12.2. The summed E-state index contributed by atoms with van der Waals surface area (Å²) in [5.41, 5.74) is 4.87. The molecule has 0 aromatic heterocycles. The number of aromatic hydroxyl groups is 1. The summed E-state index contributed by atoms with van der Waals surface area (Å²) in [6, 6.07) is 2.88. The molecule has 9 heteroatoms. The molecule has 2 rings (SSSR count). The lowest BCUT2D eigenvalue weighted by Crippen LogP contribution is -2.36. The van der Waals surface area contributed by atoms with Gasteiger partial charge < -0.3 is 19.5 Å². The van der Waals surface area contributed by atoms with Crippen LogP contribution in [-0.2, 0) is 19.5 Å². The van der Waals surface area contributed by atoms with Crippen LogP contribution in [0.15, 0.2) is 17.0 Å². The fourth-order valence-corrected chi connectivity index (χ4v) is 5.61. The average Bonchev–Trinajstić information content (AvgIpc) is 2.78. The van der Waals surface area contributed by atoms with Gasteiger partial charge in [-0.3, -0.25) is 9.52 Å². The van der Waals surface area contributed by atoms with Crippen LogP contribution in [0.2, 0.25) is 0 Å². The Kier molecular flexibility index (Phi) is 9.10. The number of methoxy groups -OCH3 is 2. The molecule has 0 fully saturated rings. The second kappa shape index (κ2) is 11.2. The fraction of sp³-hybridized carbons (Fsp3) is 0.480. The Morgan fingerprint density at radius 3 is 1.82 bits per heavy atom. The lowest BCUT2D eigenvalue weighted by molar-refractivity contribution is 0.0624. The standard InChI is InChI=1S/C25H36N2O6S/c1-15-13-21(14-22(23(15)28)25(29)27(9-11-32-7)10-12-33-8)26-34(30,31)24-19(5)17(3)16(2)18(4)20(24)6/h13-14,26,28H,9-12H2,1-8H3. The van der Waals surface area contributed by atoms with Crippen LogP contribution < -0.4 is 4.72 Å². The Morgan fingerprint density at radius 2 is 1.35 bits per heavy atom. The number of phenolic OH excluding ortho intramolecular Hbond substituents is 1. The van der Waals surface area contributed by atoms with E-state index >= 15 is 0 Å². The molecule has 2 N–H and O–H groups in total. The first kappa shape index (κ1) is 27.6. The van der Waals surface area contributed by atoms with Crippen molar-refractivity contribution in [3.8, 4) is 5.75 Å². The number of amides is 1. The van der Waals surface area contributed by atoms with Crippen molar-refractivity contribution in [3.05, 3.63) is 51.1 Å². The van der Waals surface area contributed by atoms with Gasteiger partial charge in [-0.2, -0.15) is 0 Å². The highest BCUT2D eigenvalue weighted by molar-refractivity contribution is 7.92. The molecular formula is C25H36N2O6S. The maximum atomic E-state index is 13.5. The lowest BCUT2D eigenvalue weighted by atomic mass is 9.95. The molecule has 2 aromatic rings. The number of nitrogens with one attached hydrogen (secondary N) is 1. The number of hydrogen-bond acceptors (Lipinski definition) is 6. The molecule has 0 unspecified atom stereocenters. The molecule has 0 saturated carbocycles. The number of benzene rings is 2. The summed E-state index contributed by atoms with van der Waals surface area (Å²) in [5, 5.41) is 10.6. The van der Waals surface area contributed by atoms with Crippen LogP contribution in [-0.4, -0.2) is 64.9 Å². The van der Waals surface area contributed by atoms with Crippen LogP contribution in [0.4, 0.5) is 5.69 Å². The van der Waals surface area contributed by atoms with Gasteiger partial charge in [0.25, 0.3) is 15.9 Å². The van der Waals surface area contributed by atoms with E-state index < -0.39 is 15.9 Å². The van der Waals surface area contributed by atoms with Crippen LogP contribution >= 0.6 is 0 Å². The number of anilines is 1. The van der Waals surface area contributed by atoms with Crippen LogP contribution in [0.1, 0.15) is 43.7 Å². The molecule has 1 amide bonds. The summed E-state index contributed by atoms with van der Waals surface area (Å²) < 4.78 is 39.7. The smallest absolute Gasteiger partial charge is 0.262 e. The van der Waals surface area contributed by atoms with Crippen molar-refractivity contribution >= 4 is 21.6 Å². The first-order chi connectivity index (χ1) is 15.9. The Balaban J connectivity index is 2.52. The topological polar surface area (TPSA) is 105 Å². The Hall–Kier alpha value is -2.62. The first-order valence-electron chi connectivity index (χ1n) is 11.1. The molecule has 0 radical (unpaired) electrons. The zero-order chi connectivity index (χ0) is 25.8. The number of hydrogen-bond donors (Lipinski definition) is 2. The number of sulfonamides is 1. The minimum Gasteiger partial charge on any atom is -0.507 e. The van der Waals surface area contributed by atoms with Gasteiger partial charge in [-0.25, -0.2) is 8.42 Å². The molecule has 188 valence electrons. The normalized spacial score (nSPS) is 11.5. The van der Waals surface area contributed by atoms with Crippen molar-refractivity contribution in [2.45, 2.75) is 46.4 Å². The minimum absolute atomic E-state index is 0.00890. The van der Waals surface area contributed by atoms with E-state index in [-0.39, 0.29) is 21.9 Å². The van der Waals surface area contributed by atoms with Gasteiger partial charge in [-0.15, -0.1) is 0 Å². The van der Waals surface area contributed by atoms with E-state index in [2.05, 4.69) is 4.72 Å². The Labute approximate surface area is 202 Å². The number of nitrogens with zero attached hydrogens (tertiary/aromatic N) is 1. The maximum absolute atomic E-state index is 13.5. The second-order valence-corrected chi connectivity index (χ2v) is 10.1. The van der Waals surface area contributed by atoms with Crippen molar-refractivity contribution < 1.29 is 27.8 Å². The van der Waals surface area contributed by atoms with Crippen molar-refractivity contribution in [2.24, 2.45) is 0 Å². The third-order valence-electron chi connectivity index (χ3n) is 6.40. The SMILES string of the molecule is COCCN(CCOC)C(=O)c1cc(NS(=O)(=O)c2c(C)c(C)c(C)c(C)c2C)cc(C)c1O. The molecule has 0 spiro atoms. The fourth-order valence-electron chi connectivity index (χ4n) is 3.96. The number of aryl methyl sites for hydroxylation is 1. The molecule has 0 heterocycles. The van der Waals surface area contributed by atoms with Crippen LogP contribution in [0.3, 0.4) is 0 Å². The van der Waals surface area contributed by atoms with E-state index in [4.69, 9.17) is 9.47 Å². The quantitative estimate of drug-likeness (QED) is 0.489. The van der Waals surface area contributed by atoms with Crippen LogP contribution in [0.5, 0.6) is 5.75 Å². The highest BCUT2D eigenvalue weighted by Gasteiger charge is 2.26. The molecule has 34 heavy (non-hydrogen) atoms. The molecule has 0 aliphatic carbocycles. The lowest BCUT2D eigenvalue weighted by Gasteiger charge is -2.23. The molecule has 0 saturated heterocycles. The summed E-state index contributed by atoms with van der Waals surface area (Å²) >= 11 is 0. The van der Waals surface area contributed by atoms with Gasteiger partial charge in [0.2, 0.25) is 0 Å². The van der Waals surface area contributed by atoms with E-state index in [1.165, 1.54) is 31.3 Å². The van der Waals surface area contributed by atoms with E-state index in [1.54, 1.807) is 20.8 Å². The highest BCUT2D eigenvalue weighted by Crippen LogP contribution is 2.33. The first-order valence-corrected chi connectivity index (χ1v) is 12.6. The molecule has 0 bridgehead atoms. The van der Waals surface area contributed by atoms with E-state index in [0.717, 1.165) is 16.7 Å². The Morgan fingerprint density at radius 1 is 0.882 bits per heavy atom. The minimum atomic E-state index is -3.95. The molecule has 8 nitrogen and oxygen atoms in total. The van der Waals surface area contributed by atoms with Gasteiger partial charge >= 0.3 is 0 Å². The number of phenols is 1. The Bertz CT molecular complexity index is 1140. The van der Waals surface area contributed by atoms with E-state index in [1.807, 2.05) is 20.8 Å². The van der Waals surface area contributed by atoms with Gasteiger partial charge in [0.1, 0.15) is 5.75 Å². The molecule has 0 aliphatic rings. The number of rotatable bonds is 10. The molecule has 0 atom stereocenters. The van der Waals surface area contributed by atoms with Gasteiger partial charge in [-0.05, 0) is 87.1 Å². The summed E-state index contributed by atoms with van der Waals surface area (Å²) in [7, 11) is -0.881. The van der Waals surface area contributed by atoms with Gasteiger partial charge in [0.05, 0.1) is 29.4 Å². The van der Waals surface area contributed by atoms with Gasteiger partial charge in [0, 0.05) is 27.3 Å². The maximum Gasteiger partial charge on any atom is 0.262 e. The van der Waals surface area contributed by atoms with Crippen LogP contribution in [0.25, 0.3) is 0 Å². The largest absolute Gasteiger partial charge is 0.507 e. The molecule has 0 aliphatic heterocycles. The van der Waals surface area contributed by atoms with E-state index in [9.17, 15) is 18.3 Å². The zero-order valence-electron chi connectivity index (χ0n) is 21.3. The predicted molar refractivity (Wildman–Crippen MR) is 133 cm³/mol. The predicted octanol–water partition coefficient (Wildman–Crippen LogP) is 3.78.